The van der Waals surface area contributed by atoms with Gasteiger partial charge in [0, 0.05) is 17.7 Å². The number of ether oxygens (including phenoxy) is 1. The van der Waals surface area contributed by atoms with Crippen molar-refractivity contribution in [2.45, 2.75) is 40.2 Å². The number of aromatic nitrogens is 2. The highest BCUT2D eigenvalue weighted by atomic mass is 19.1. The Morgan fingerprint density at radius 2 is 1.94 bits per heavy atom. The van der Waals surface area contributed by atoms with Gasteiger partial charge < -0.3 is 10.1 Å². The Kier molecular flexibility index (Phi) is 6.33. The molecule has 162 valence electrons. The number of nitro benzene ring substituents is 1. The Labute approximate surface area is 178 Å². The Balaban J connectivity index is 2.07. The molecule has 0 aliphatic carbocycles. The van der Waals surface area contributed by atoms with Crippen LogP contribution in [0.1, 0.15) is 41.9 Å². The molecule has 1 aromatic heterocycles. The number of nitrogens with zero attached hydrogens (tertiary/aromatic N) is 3. The minimum absolute atomic E-state index is 0.0482. The SMILES string of the molecule is CCC(C)NC(=O)c1nn(-c2ccc(C)cc2)c(Oc2ccc([N+](=O)[O-])cc2F)c1C. The minimum Gasteiger partial charge on any atom is -0.436 e. The van der Waals surface area contributed by atoms with Crippen LogP contribution in [0.4, 0.5) is 10.1 Å². The molecule has 1 heterocycles. The normalized spacial score (nSPS) is 11.8. The van der Waals surface area contributed by atoms with Crippen LogP contribution in [0.2, 0.25) is 0 Å². The van der Waals surface area contributed by atoms with Gasteiger partial charge in [0.2, 0.25) is 5.88 Å². The maximum absolute atomic E-state index is 14.5. The molecule has 0 saturated heterocycles. The number of hydrogen-bond acceptors (Lipinski definition) is 5. The zero-order chi connectivity index (χ0) is 22.7. The van der Waals surface area contributed by atoms with Crippen LogP contribution in [0.3, 0.4) is 0 Å². The molecule has 9 heteroatoms. The van der Waals surface area contributed by atoms with Gasteiger partial charge in [-0.2, -0.15) is 9.78 Å². The third-order valence-electron chi connectivity index (χ3n) is 4.88. The fourth-order valence-electron chi connectivity index (χ4n) is 2.86. The third-order valence-corrected chi connectivity index (χ3v) is 4.88. The van der Waals surface area contributed by atoms with Crippen LogP contribution in [0.15, 0.2) is 42.5 Å². The van der Waals surface area contributed by atoms with Crippen molar-refractivity contribution in [2.24, 2.45) is 0 Å². The standard InChI is InChI=1S/C22H23FN4O4/c1-5-14(3)24-21(28)20-15(4)22(26(25-20)16-8-6-13(2)7-9-16)31-19-11-10-17(27(29)30)12-18(19)23/h6-12,14H,5H2,1-4H3,(H,24,28). The van der Waals surface area contributed by atoms with Gasteiger partial charge in [0.15, 0.2) is 17.3 Å². The van der Waals surface area contributed by atoms with Crippen molar-refractivity contribution in [3.63, 3.8) is 0 Å². The van der Waals surface area contributed by atoms with Crippen LogP contribution in [-0.4, -0.2) is 26.7 Å². The number of aryl methyl sites for hydroxylation is 1. The van der Waals surface area contributed by atoms with Crippen LogP contribution in [0.5, 0.6) is 11.6 Å². The fourth-order valence-corrected chi connectivity index (χ4v) is 2.86. The zero-order valence-corrected chi connectivity index (χ0v) is 17.7. The van der Waals surface area contributed by atoms with Crippen LogP contribution >= 0.6 is 0 Å². The molecule has 8 nitrogen and oxygen atoms in total. The maximum atomic E-state index is 14.5. The number of nitrogens with one attached hydrogen (secondary N) is 1. The number of benzene rings is 2. The van der Waals surface area contributed by atoms with Crippen molar-refractivity contribution in [3.05, 3.63) is 75.2 Å². The molecule has 1 N–H and O–H groups in total. The molecule has 3 rings (SSSR count). The van der Waals surface area contributed by atoms with E-state index in [0.29, 0.717) is 11.3 Å². The minimum atomic E-state index is -0.893. The van der Waals surface area contributed by atoms with Crippen molar-refractivity contribution < 1.29 is 18.8 Å². The lowest BCUT2D eigenvalue weighted by atomic mass is 10.2. The molecule has 0 aliphatic rings. The van der Waals surface area contributed by atoms with E-state index in [9.17, 15) is 19.3 Å². The number of non-ortho nitro benzene ring substituents is 1. The highest BCUT2D eigenvalue weighted by molar-refractivity contribution is 5.94. The van der Waals surface area contributed by atoms with E-state index in [1.165, 1.54) is 10.7 Å². The second kappa shape index (κ2) is 8.95. The zero-order valence-electron chi connectivity index (χ0n) is 17.7. The van der Waals surface area contributed by atoms with Crippen molar-refractivity contribution in [1.82, 2.24) is 15.1 Å². The predicted molar refractivity (Wildman–Crippen MR) is 113 cm³/mol. The number of carbonyl (C=O) groups excluding carboxylic acids is 1. The summed E-state index contributed by atoms with van der Waals surface area (Å²) < 4.78 is 21.7. The van der Waals surface area contributed by atoms with Gasteiger partial charge in [0.25, 0.3) is 11.6 Å². The van der Waals surface area contributed by atoms with Crippen molar-refractivity contribution in [1.29, 1.82) is 0 Å². The number of nitro groups is 1. The average Bonchev–Trinajstić information content (AvgIpc) is 3.06. The molecule has 0 fully saturated rings. The van der Waals surface area contributed by atoms with Crippen LogP contribution in [-0.2, 0) is 0 Å². The lowest BCUT2D eigenvalue weighted by Gasteiger charge is -2.11. The fraction of sp³-hybridized carbons (Fsp3) is 0.273. The molecule has 31 heavy (non-hydrogen) atoms. The highest BCUT2D eigenvalue weighted by Crippen LogP contribution is 2.33. The molecule has 1 unspecified atom stereocenters. The quantitative estimate of drug-likeness (QED) is 0.430. The van der Waals surface area contributed by atoms with Gasteiger partial charge in [-0.05, 0) is 45.4 Å². The summed E-state index contributed by atoms with van der Waals surface area (Å²) in [5, 5.41) is 18.2. The second-order valence-electron chi connectivity index (χ2n) is 7.28. The maximum Gasteiger partial charge on any atom is 0.272 e. The smallest absolute Gasteiger partial charge is 0.272 e. The van der Waals surface area contributed by atoms with Gasteiger partial charge in [0.1, 0.15) is 0 Å². The van der Waals surface area contributed by atoms with Crippen LogP contribution < -0.4 is 10.1 Å². The highest BCUT2D eigenvalue weighted by Gasteiger charge is 2.24. The predicted octanol–water partition coefficient (Wildman–Crippen LogP) is 4.86. The molecule has 1 atom stereocenters. The molecular formula is C22H23FN4O4. The monoisotopic (exact) mass is 426 g/mol. The van der Waals surface area contributed by atoms with Gasteiger partial charge in [-0.15, -0.1) is 0 Å². The van der Waals surface area contributed by atoms with E-state index >= 15 is 0 Å². The lowest BCUT2D eigenvalue weighted by Crippen LogP contribution is -2.32. The number of hydrogen-bond donors (Lipinski definition) is 1. The number of halogens is 1. The van der Waals surface area contributed by atoms with Crippen molar-refractivity contribution in [2.75, 3.05) is 0 Å². The van der Waals surface area contributed by atoms with E-state index in [1.807, 2.05) is 32.9 Å². The van der Waals surface area contributed by atoms with Gasteiger partial charge >= 0.3 is 0 Å². The topological polar surface area (TPSA) is 99.3 Å². The summed E-state index contributed by atoms with van der Waals surface area (Å²) in [5.41, 5.74) is 1.83. The van der Waals surface area contributed by atoms with Crippen molar-refractivity contribution >= 4 is 11.6 Å². The first-order chi connectivity index (χ1) is 14.7. The van der Waals surface area contributed by atoms with E-state index in [4.69, 9.17) is 4.74 Å². The Bertz CT molecular complexity index is 1130. The van der Waals surface area contributed by atoms with Gasteiger partial charge in [-0.3, -0.25) is 14.9 Å². The summed E-state index contributed by atoms with van der Waals surface area (Å²) in [6, 6.07) is 10.4. The first kappa shape index (κ1) is 21.9. The van der Waals surface area contributed by atoms with Crippen molar-refractivity contribution in [3.8, 4) is 17.3 Å². The Morgan fingerprint density at radius 3 is 2.52 bits per heavy atom. The largest absolute Gasteiger partial charge is 0.436 e. The lowest BCUT2D eigenvalue weighted by molar-refractivity contribution is -0.385. The van der Waals surface area contributed by atoms with Crippen LogP contribution in [0, 0.1) is 29.8 Å². The van der Waals surface area contributed by atoms with Crippen LogP contribution in [0.25, 0.3) is 5.69 Å². The summed E-state index contributed by atoms with van der Waals surface area (Å²) in [5.74, 6) is -1.33. The summed E-state index contributed by atoms with van der Waals surface area (Å²) in [6.07, 6.45) is 0.751. The van der Waals surface area contributed by atoms with E-state index in [1.54, 1.807) is 19.1 Å². The van der Waals surface area contributed by atoms with Gasteiger partial charge in [0.05, 0.1) is 16.7 Å². The first-order valence-corrected chi connectivity index (χ1v) is 9.80. The summed E-state index contributed by atoms with van der Waals surface area (Å²) in [6.45, 7) is 7.43. The molecule has 0 aliphatic heterocycles. The molecule has 1 amide bonds. The van der Waals surface area contributed by atoms with E-state index in [2.05, 4.69) is 10.4 Å². The Hall–Kier alpha value is -3.75. The molecule has 2 aromatic carbocycles. The first-order valence-electron chi connectivity index (χ1n) is 9.80. The van der Waals surface area contributed by atoms with Gasteiger partial charge in [-0.1, -0.05) is 24.6 Å². The number of rotatable bonds is 7. The molecule has 0 saturated carbocycles. The summed E-state index contributed by atoms with van der Waals surface area (Å²) >= 11 is 0. The molecule has 3 aromatic rings. The summed E-state index contributed by atoms with van der Waals surface area (Å²) in [4.78, 5) is 22.9. The molecule has 0 spiro atoms. The second-order valence-corrected chi connectivity index (χ2v) is 7.28. The van der Waals surface area contributed by atoms with E-state index in [0.717, 1.165) is 24.1 Å². The van der Waals surface area contributed by atoms with E-state index < -0.39 is 10.7 Å². The number of amides is 1. The number of carbonyl (C=O) groups is 1. The molecule has 0 radical (unpaired) electrons. The van der Waals surface area contributed by atoms with Gasteiger partial charge in [-0.25, -0.2) is 4.39 Å². The Morgan fingerprint density at radius 1 is 1.26 bits per heavy atom. The summed E-state index contributed by atoms with van der Waals surface area (Å²) in [7, 11) is 0. The molecular weight excluding hydrogens is 403 g/mol. The molecule has 0 bridgehead atoms. The third kappa shape index (κ3) is 4.71. The average molecular weight is 426 g/mol. The van der Waals surface area contributed by atoms with E-state index in [-0.39, 0.29) is 35.0 Å².